The number of aliphatic hydroxyl groups excluding tert-OH is 1. The van der Waals surface area contributed by atoms with E-state index in [9.17, 15) is 14.5 Å². The van der Waals surface area contributed by atoms with Crippen LogP contribution in [0.5, 0.6) is 0 Å². The Bertz CT molecular complexity index is 864. The lowest BCUT2D eigenvalue weighted by molar-refractivity contribution is -0.123. The van der Waals surface area contributed by atoms with E-state index in [0.717, 1.165) is 38.5 Å². The average Bonchev–Trinajstić information content (AvgIpc) is 3.16. The van der Waals surface area contributed by atoms with Gasteiger partial charge in [0.05, 0.1) is 18.8 Å². The molecule has 0 saturated heterocycles. The molecule has 0 aromatic heterocycles. The molecule has 0 radical (unpaired) electrons. The van der Waals surface area contributed by atoms with Gasteiger partial charge in [-0.2, -0.15) is 0 Å². The highest BCUT2D eigenvalue weighted by molar-refractivity contribution is 7.46. The summed E-state index contributed by atoms with van der Waals surface area (Å²) in [6.45, 7) is 4.06. The minimum atomic E-state index is -4.71. The fourth-order valence-corrected chi connectivity index (χ4v) is 7.93. The molecule has 0 aromatic rings. The number of phosphoric ester groups is 1. The van der Waals surface area contributed by atoms with Crippen LogP contribution in [0.4, 0.5) is 0 Å². The van der Waals surface area contributed by atoms with Gasteiger partial charge in [0, 0.05) is 6.42 Å². The van der Waals surface area contributed by atoms with E-state index in [-0.39, 0.29) is 5.91 Å². The number of hydrogen-bond acceptors (Lipinski definition) is 4. The summed E-state index contributed by atoms with van der Waals surface area (Å²) in [5, 5.41) is 13.3. The SMILES string of the molecule is CCCCCCCCC/C=C/[C@@H](O)[C@H](COP(=O)(O)O)NC(=O)CCCCCCCCCCCCCCCCCCCCCCCCCCCCCCCC. The molecule has 0 heterocycles. The maximum atomic E-state index is 12.6. The Morgan fingerprint density at radius 1 is 0.509 bits per heavy atom. The molecule has 55 heavy (non-hydrogen) atoms. The van der Waals surface area contributed by atoms with Crippen LogP contribution in [0.25, 0.3) is 0 Å². The summed E-state index contributed by atoms with van der Waals surface area (Å²) in [5.41, 5.74) is 0. The minimum absolute atomic E-state index is 0.223. The molecule has 0 bridgehead atoms. The molecule has 8 heteroatoms. The highest BCUT2D eigenvalue weighted by atomic mass is 31.2. The Morgan fingerprint density at radius 2 is 0.800 bits per heavy atom. The molecule has 0 spiro atoms. The average molecular weight is 800 g/mol. The highest BCUT2D eigenvalue weighted by Gasteiger charge is 2.24. The Morgan fingerprint density at radius 3 is 1.11 bits per heavy atom. The second kappa shape index (κ2) is 42.9. The van der Waals surface area contributed by atoms with Gasteiger partial charge >= 0.3 is 7.82 Å². The number of nitrogens with one attached hydrogen (secondary N) is 1. The number of amides is 1. The Hall–Kier alpha value is -0.720. The van der Waals surface area contributed by atoms with Crippen molar-refractivity contribution in [3.63, 3.8) is 0 Å². The second-order valence-electron chi connectivity index (χ2n) is 16.8. The number of carbonyl (C=O) groups is 1. The number of carbonyl (C=O) groups excluding carboxylic acids is 1. The van der Waals surface area contributed by atoms with E-state index in [1.54, 1.807) is 6.08 Å². The summed E-state index contributed by atoms with van der Waals surface area (Å²) < 4.78 is 15.9. The van der Waals surface area contributed by atoms with Gasteiger partial charge < -0.3 is 20.2 Å². The van der Waals surface area contributed by atoms with Gasteiger partial charge in [-0.3, -0.25) is 9.32 Å². The van der Waals surface area contributed by atoms with Crippen LogP contribution in [0.15, 0.2) is 12.2 Å². The van der Waals surface area contributed by atoms with Gasteiger partial charge in [0.1, 0.15) is 0 Å². The first-order chi connectivity index (χ1) is 26.8. The minimum Gasteiger partial charge on any atom is -0.387 e. The van der Waals surface area contributed by atoms with Crippen molar-refractivity contribution in [3.8, 4) is 0 Å². The molecule has 0 unspecified atom stereocenters. The summed E-state index contributed by atoms with van der Waals surface area (Å²) in [6, 6.07) is -0.904. The van der Waals surface area contributed by atoms with E-state index in [1.165, 1.54) is 205 Å². The number of aliphatic hydroxyl groups is 1. The first kappa shape index (κ1) is 54.3. The van der Waals surface area contributed by atoms with Gasteiger partial charge in [-0.1, -0.05) is 251 Å². The van der Waals surface area contributed by atoms with Crippen LogP contribution in [0.1, 0.15) is 264 Å². The first-order valence-electron chi connectivity index (χ1n) is 24.1. The lowest BCUT2D eigenvalue weighted by Gasteiger charge is -2.22. The lowest BCUT2D eigenvalue weighted by atomic mass is 10.0. The number of unbranched alkanes of at least 4 members (excludes halogenated alkanes) is 36. The summed E-state index contributed by atoms with van der Waals surface area (Å²) in [4.78, 5) is 30.8. The maximum absolute atomic E-state index is 12.6. The van der Waals surface area contributed by atoms with E-state index in [0.29, 0.717) is 6.42 Å². The Balaban J connectivity index is 3.62. The molecule has 0 fully saturated rings. The predicted molar refractivity (Wildman–Crippen MR) is 236 cm³/mol. The highest BCUT2D eigenvalue weighted by Crippen LogP contribution is 2.36. The predicted octanol–water partition coefficient (Wildman–Crippen LogP) is 14.8. The summed E-state index contributed by atoms with van der Waals surface area (Å²) >= 11 is 0. The van der Waals surface area contributed by atoms with Crippen LogP contribution in [0, 0.1) is 0 Å². The number of allylic oxidation sites excluding steroid dienone is 1. The zero-order valence-electron chi connectivity index (χ0n) is 36.6. The molecule has 1 amide bonds. The van der Waals surface area contributed by atoms with Crippen LogP contribution in [0.2, 0.25) is 0 Å². The molecule has 7 nitrogen and oxygen atoms in total. The van der Waals surface area contributed by atoms with Gasteiger partial charge in [0.25, 0.3) is 0 Å². The van der Waals surface area contributed by atoms with Crippen molar-refractivity contribution in [3.05, 3.63) is 12.2 Å². The first-order valence-corrected chi connectivity index (χ1v) is 25.7. The maximum Gasteiger partial charge on any atom is 0.469 e. The standard InChI is InChI=1S/C47H94NO6P/c1-3-5-7-9-11-13-14-15-16-17-18-19-20-21-22-23-24-25-26-27-28-29-30-31-32-33-35-37-39-41-43-47(50)48-45(44-54-55(51,52)53)46(49)42-40-38-36-34-12-10-8-6-4-2/h40,42,45-46,49H,3-39,41,43-44H2,1-2H3,(H,48,50)(H2,51,52,53)/b42-40+/t45-,46+/m0/s1. The molecule has 4 N–H and O–H groups in total. The third-order valence-corrected chi connectivity index (χ3v) is 11.7. The van der Waals surface area contributed by atoms with Crippen molar-refractivity contribution >= 4 is 13.7 Å². The van der Waals surface area contributed by atoms with E-state index >= 15 is 0 Å². The quantitative estimate of drug-likeness (QED) is 0.0277. The topological polar surface area (TPSA) is 116 Å². The fourth-order valence-electron chi connectivity index (χ4n) is 7.58. The molecule has 2 atom stereocenters. The molecular formula is C47H94NO6P. The molecule has 0 saturated carbocycles. The molecule has 0 aromatic carbocycles. The fraction of sp³-hybridized carbons (Fsp3) is 0.936. The molecule has 0 rings (SSSR count). The summed E-state index contributed by atoms with van der Waals surface area (Å²) in [6.07, 6.45) is 52.9. The largest absolute Gasteiger partial charge is 0.469 e. The smallest absolute Gasteiger partial charge is 0.387 e. The van der Waals surface area contributed by atoms with E-state index in [4.69, 9.17) is 9.79 Å². The summed E-state index contributed by atoms with van der Waals surface area (Å²) in [7, 11) is -4.71. The summed E-state index contributed by atoms with van der Waals surface area (Å²) in [5.74, 6) is -0.223. The van der Waals surface area contributed by atoms with Crippen molar-refractivity contribution in [2.75, 3.05) is 6.61 Å². The van der Waals surface area contributed by atoms with Crippen molar-refractivity contribution in [2.45, 2.75) is 276 Å². The number of hydrogen-bond donors (Lipinski definition) is 4. The number of phosphoric acid groups is 1. The van der Waals surface area contributed by atoms with Crippen molar-refractivity contribution in [1.82, 2.24) is 5.32 Å². The van der Waals surface area contributed by atoms with Crippen LogP contribution in [-0.4, -0.2) is 39.6 Å². The normalized spacial score (nSPS) is 13.2. The van der Waals surface area contributed by atoms with Gasteiger partial charge in [-0.05, 0) is 19.3 Å². The monoisotopic (exact) mass is 800 g/mol. The molecule has 0 aliphatic rings. The van der Waals surface area contributed by atoms with Crippen LogP contribution >= 0.6 is 7.82 Å². The van der Waals surface area contributed by atoms with Gasteiger partial charge in [-0.15, -0.1) is 0 Å². The third kappa shape index (κ3) is 44.2. The van der Waals surface area contributed by atoms with Gasteiger partial charge in [-0.25, -0.2) is 4.57 Å². The van der Waals surface area contributed by atoms with Gasteiger partial charge in [0.15, 0.2) is 0 Å². The second-order valence-corrected chi connectivity index (χ2v) is 18.0. The zero-order valence-corrected chi connectivity index (χ0v) is 37.5. The lowest BCUT2D eigenvalue weighted by Crippen LogP contribution is -2.45. The molecular weight excluding hydrogens is 705 g/mol. The molecule has 328 valence electrons. The van der Waals surface area contributed by atoms with Crippen molar-refractivity contribution in [1.29, 1.82) is 0 Å². The van der Waals surface area contributed by atoms with Crippen LogP contribution in [-0.2, 0) is 13.9 Å². The van der Waals surface area contributed by atoms with E-state index in [2.05, 4.69) is 23.7 Å². The zero-order chi connectivity index (χ0) is 40.3. The van der Waals surface area contributed by atoms with E-state index < -0.39 is 26.6 Å². The molecule has 0 aliphatic carbocycles. The number of rotatable bonds is 45. The van der Waals surface area contributed by atoms with Crippen molar-refractivity contribution in [2.24, 2.45) is 0 Å². The Labute approximate surface area is 342 Å². The van der Waals surface area contributed by atoms with Crippen molar-refractivity contribution < 1.29 is 28.8 Å². The third-order valence-electron chi connectivity index (χ3n) is 11.2. The molecule has 0 aliphatic heterocycles. The van der Waals surface area contributed by atoms with Crippen LogP contribution < -0.4 is 5.32 Å². The van der Waals surface area contributed by atoms with Crippen LogP contribution in [0.3, 0.4) is 0 Å². The Kier molecular flexibility index (Phi) is 42.3. The van der Waals surface area contributed by atoms with Gasteiger partial charge in [0.2, 0.25) is 5.91 Å². The van der Waals surface area contributed by atoms with E-state index in [1.807, 2.05) is 6.08 Å².